The van der Waals surface area contributed by atoms with Gasteiger partial charge in [0.25, 0.3) is 0 Å². The van der Waals surface area contributed by atoms with Crippen molar-refractivity contribution < 1.29 is 9.53 Å². The number of carbonyl (C=O) groups excluding carboxylic acids is 1. The molecule has 0 aliphatic heterocycles. The highest BCUT2D eigenvalue weighted by atomic mass is 16.5. The van der Waals surface area contributed by atoms with Crippen LogP contribution in [0.4, 0.5) is 0 Å². The van der Waals surface area contributed by atoms with Gasteiger partial charge >= 0.3 is 5.97 Å². The third-order valence-electron chi connectivity index (χ3n) is 1.48. The van der Waals surface area contributed by atoms with E-state index in [2.05, 4.69) is 0 Å². The van der Waals surface area contributed by atoms with Gasteiger partial charge in [0.2, 0.25) is 0 Å². The third-order valence-corrected chi connectivity index (χ3v) is 1.48. The molecule has 0 aliphatic carbocycles. The van der Waals surface area contributed by atoms with Crippen molar-refractivity contribution in [3.8, 4) is 0 Å². The molecule has 0 saturated carbocycles. The van der Waals surface area contributed by atoms with Crippen LogP contribution in [0.25, 0.3) is 0 Å². The summed E-state index contributed by atoms with van der Waals surface area (Å²) in [4.78, 5) is 12.8. The molecular formula is C8H17NO2. The van der Waals surface area contributed by atoms with Gasteiger partial charge in [-0.15, -0.1) is 0 Å². The second-order valence-corrected chi connectivity index (χ2v) is 2.98. The molecule has 0 aromatic carbocycles. The summed E-state index contributed by atoms with van der Waals surface area (Å²) in [6, 6.07) is 0. The maximum absolute atomic E-state index is 11.0. The third kappa shape index (κ3) is 4.79. The first-order chi connectivity index (χ1) is 5.07. The Morgan fingerprint density at radius 1 is 1.55 bits per heavy atom. The average Bonchev–Trinajstić information content (AvgIpc) is 1.98. The summed E-state index contributed by atoms with van der Waals surface area (Å²) in [5.41, 5.74) is 0. The van der Waals surface area contributed by atoms with Crippen LogP contribution in [-0.2, 0) is 9.53 Å². The largest absolute Gasteiger partial charge is 0.449 e. The first-order valence-electron chi connectivity index (χ1n) is 3.89. The highest BCUT2D eigenvalue weighted by Crippen LogP contribution is 2.02. The van der Waals surface area contributed by atoms with Crippen molar-refractivity contribution in [2.75, 3.05) is 20.8 Å². The Kier molecular flexibility index (Phi) is 4.86. The summed E-state index contributed by atoms with van der Waals surface area (Å²) in [5.74, 6) is -0.0869. The van der Waals surface area contributed by atoms with Crippen molar-refractivity contribution in [2.45, 2.75) is 20.3 Å². The van der Waals surface area contributed by atoms with E-state index in [9.17, 15) is 4.79 Å². The van der Waals surface area contributed by atoms with E-state index in [-0.39, 0.29) is 11.9 Å². The van der Waals surface area contributed by atoms with Gasteiger partial charge < -0.3 is 4.74 Å². The molecular weight excluding hydrogens is 142 g/mol. The molecule has 0 amide bonds. The normalized spacial score (nSPS) is 13.2. The van der Waals surface area contributed by atoms with E-state index < -0.39 is 0 Å². The van der Waals surface area contributed by atoms with Crippen LogP contribution in [0.5, 0.6) is 0 Å². The van der Waals surface area contributed by atoms with Crippen LogP contribution in [0.1, 0.15) is 20.3 Å². The van der Waals surface area contributed by atoms with Crippen molar-refractivity contribution in [3.05, 3.63) is 0 Å². The Balaban J connectivity index is 3.52. The predicted octanol–water partition coefficient (Wildman–Crippen LogP) is 1.09. The molecule has 0 saturated heterocycles. The number of hydrogen-bond donors (Lipinski definition) is 0. The van der Waals surface area contributed by atoms with Crippen LogP contribution in [-0.4, -0.2) is 31.7 Å². The van der Waals surface area contributed by atoms with Crippen LogP contribution in [0.15, 0.2) is 0 Å². The van der Waals surface area contributed by atoms with Crippen molar-refractivity contribution in [2.24, 2.45) is 5.92 Å². The van der Waals surface area contributed by atoms with E-state index in [1.165, 1.54) is 0 Å². The summed E-state index contributed by atoms with van der Waals surface area (Å²) in [7, 11) is 3.73. The molecule has 0 fully saturated rings. The zero-order valence-corrected chi connectivity index (χ0v) is 7.76. The maximum Gasteiger partial charge on any atom is 0.309 e. The van der Waals surface area contributed by atoms with Crippen molar-refractivity contribution in [1.82, 2.24) is 4.90 Å². The summed E-state index contributed by atoms with van der Waals surface area (Å²) >= 11 is 0. The molecule has 66 valence electrons. The zero-order valence-electron chi connectivity index (χ0n) is 7.76. The highest BCUT2D eigenvalue weighted by Gasteiger charge is 2.11. The minimum Gasteiger partial charge on any atom is -0.449 e. The summed E-state index contributed by atoms with van der Waals surface area (Å²) in [6.07, 6.45) is 0.840. The van der Waals surface area contributed by atoms with Crippen molar-refractivity contribution in [3.63, 3.8) is 0 Å². The Bertz CT molecular complexity index is 123. The standard InChI is InChI=1S/C8H17NO2/c1-5-7(2)8(10)11-6-9(3)4/h7H,5-6H2,1-4H3. The van der Waals surface area contributed by atoms with Gasteiger partial charge in [0.15, 0.2) is 0 Å². The van der Waals surface area contributed by atoms with Gasteiger partial charge in [-0.1, -0.05) is 13.8 Å². The van der Waals surface area contributed by atoms with Crippen LogP contribution in [0, 0.1) is 5.92 Å². The molecule has 1 unspecified atom stereocenters. The van der Waals surface area contributed by atoms with Gasteiger partial charge in [0.1, 0.15) is 6.73 Å². The summed E-state index contributed by atoms with van der Waals surface area (Å²) < 4.78 is 4.94. The van der Waals surface area contributed by atoms with E-state index in [1.54, 1.807) is 0 Å². The number of rotatable bonds is 4. The minimum atomic E-state index is -0.110. The van der Waals surface area contributed by atoms with Gasteiger partial charge in [0.05, 0.1) is 5.92 Å². The fraction of sp³-hybridized carbons (Fsp3) is 0.875. The van der Waals surface area contributed by atoms with Crippen LogP contribution in [0.2, 0.25) is 0 Å². The second kappa shape index (κ2) is 5.13. The Morgan fingerprint density at radius 3 is 2.45 bits per heavy atom. The number of ether oxygens (including phenoxy) is 1. The van der Waals surface area contributed by atoms with E-state index in [0.29, 0.717) is 6.73 Å². The molecule has 0 bridgehead atoms. The molecule has 0 radical (unpaired) electrons. The first-order valence-corrected chi connectivity index (χ1v) is 3.89. The first kappa shape index (κ1) is 10.4. The molecule has 11 heavy (non-hydrogen) atoms. The van der Waals surface area contributed by atoms with Crippen LogP contribution < -0.4 is 0 Å². The lowest BCUT2D eigenvalue weighted by atomic mass is 10.1. The van der Waals surface area contributed by atoms with E-state index in [4.69, 9.17) is 4.74 Å². The molecule has 0 aromatic rings. The lowest BCUT2D eigenvalue weighted by Crippen LogP contribution is -2.22. The van der Waals surface area contributed by atoms with E-state index in [1.807, 2.05) is 32.8 Å². The molecule has 0 aromatic heterocycles. The minimum absolute atomic E-state index is 0.0231. The van der Waals surface area contributed by atoms with Gasteiger partial charge in [-0.3, -0.25) is 9.69 Å². The van der Waals surface area contributed by atoms with Gasteiger partial charge in [0, 0.05) is 0 Å². The lowest BCUT2D eigenvalue weighted by Gasteiger charge is -2.12. The van der Waals surface area contributed by atoms with Crippen LogP contribution in [0.3, 0.4) is 0 Å². The van der Waals surface area contributed by atoms with Gasteiger partial charge in [-0.2, -0.15) is 0 Å². The Morgan fingerprint density at radius 2 is 2.09 bits per heavy atom. The molecule has 3 heteroatoms. The summed E-state index contributed by atoms with van der Waals surface area (Å²) in [6.45, 7) is 4.22. The molecule has 0 N–H and O–H groups in total. The molecule has 0 spiro atoms. The highest BCUT2D eigenvalue weighted by molar-refractivity contribution is 5.71. The second-order valence-electron chi connectivity index (χ2n) is 2.98. The number of hydrogen-bond acceptors (Lipinski definition) is 3. The van der Waals surface area contributed by atoms with Gasteiger partial charge in [-0.25, -0.2) is 0 Å². The van der Waals surface area contributed by atoms with Crippen LogP contribution >= 0.6 is 0 Å². The monoisotopic (exact) mass is 159 g/mol. The zero-order chi connectivity index (χ0) is 8.85. The SMILES string of the molecule is CCC(C)C(=O)OCN(C)C. The van der Waals surface area contributed by atoms with E-state index in [0.717, 1.165) is 6.42 Å². The smallest absolute Gasteiger partial charge is 0.309 e. The maximum atomic E-state index is 11.0. The number of esters is 1. The van der Waals surface area contributed by atoms with Gasteiger partial charge in [-0.05, 0) is 20.5 Å². The molecule has 0 rings (SSSR count). The fourth-order valence-electron chi connectivity index (χ4n) is 0.502. The van der Waals surface area contributed by atoms with Crippen molar-refractivity contribution in [1.29, 1.82) is 0 Å². The van der Waals surface area contributed by atoms with Crippen molar-refractivity contribution >= 4 is 5.97 Å². The molecule has 0 aliphatic rings. The number of nitrogens with zero attached hydrogens (tertiary/aromatic N) is 1. The lowest BCUT2D eigenvalue weighted by molar-refractivity contribution is -0.151. The molecule has 3 nitrogen and oxygen atoms in total. The molecule has 0 heterocycles. The average molecular weight is 159 g/mol. The number of carbonyl (C=O) groups is 1. The fourth-order valence-corrected chi connectivity index (χ4v) is 0.502. The summed E-state index contributed by atoms with van der Waals surface area (Å²) in [5, 5.41) is 0. The topological polar surface area (TPSA) is 29.5 Å². The van der Waals surface area contributed by atoms with E-state index >= 15 is 0 Å². The quantitative estimate of drug-likeness (QED) is 0.454. The predicted molar refractivity (Wildman–Crippen MR) is 44.1 cm³/mol. The Hall–Kier alpha value is -0.570. The Labute approximate surface area is 68.3 Å². The molecule has 1 atom stereocenters.